The van der Waals surface area contributed by atoms with E-state index in [9.17, 15) is 9.90 Å². The number of phenolic OH excluding ortho intramolecular Hbond substituents is 1. The minimum atomic E-state index is -0.310. The summed E-state index contributed by atoms with van der Waals surface area (Å²) in [6, 6.07) is 6.27. The van der Waals surface area contributed by atoms with E-state index in [0.29, 0.717) is 24.0 Å². The number of hydrogen-bond donors (Lipinski definition) is 1. The molecule has 0 fully saturated rings. The highest BCUT2D eigenvalue weighted by Gasteiger charge is 2.32. The van der Waals surface area contributed by atoms with Gasteiger partial charge >= 0.3 is 5.97 Å². The van der Waals surface area contributed by atoms with Gasteiger partial charge in [0.2, 0.25) is 0 Å². The van der Waals surface area contributed by atoms with Gasteiger partial charge in [-0.05, 0) is 66.2 Å². The molecule has 0 aliphatic carbocycles. The predicted octanol–water partition coefficient (Wildman–Crippen LogP) is 9.57. The Morgan fingerprint density at radius 2 is 1.24 bits per heavy atom. The van der Waals surface area contributed by atoms with Gasteiger partial charge in [0.05, 0.1) is 12.2 Å². The van der Waals surface area contributed by atoms with Crippen molar-refractivity contribution in [1.82, 2.24) is 0 Å². The Kier molecular flexibility index (Phi) is 13.9. The molecule has 0 bridgehead atoms. The van der Waals surface area contributed by atoms with Crippen molar-refractivity contribution in [3.63, 3.8) is 0 Å². The van der Waals surface area contributed by atoms with E-state index in [1.54, 1.807) is 12.1 Å². The van der Waals surface area contributed by atoms with Gasteiger partial charge in [-0.3, -0.25) is 0 Å². The molecule has 0 radical (unpaired) electrons. The molecule has 2 atom stereocenters. The van der Waals surface area contributed by atoms with Crippen LogP contribution in [0.2, 0.25) is 0 Å². The van der Waals surface area contributed by atoms with E-state index in [1.165, 1.54) is 82.8 Å². The lowest BCUT2D eigenvalue weighted by Gasteiger charge is -2.39. The summed E-state index contributed by atoms with van der Waals surface area (Å²) in [5.74, 6) is 1.02. The van der Waals surface area contributed by atoms with Crippen LogP contribution >= 0.6 is 0 Å². The number of carbonyl (C=O) groups excluding carboxylic acids is 1. The first kappa shape index (κ1) is 30.5. The van der Waals surface area contributed by atoms with E-state index in [-0.39, 0.29) is 22.5 Å². The van der Waals surface area contributed by atoms with Crippen LogP contribution in [0.15, 0.2) is 24.3 Å². The molecule has 1 aromatic carbocycles. The molecule has 0 spiro atoms. The van der Waals surface area contributed by atoms with E-state index in [0.717, 1.165) is 6.42 Å². The zero-order valence-electron chi connectivity index (χ0n) is 23.4. The topological polar surface area (TPSA) is 46.5 Å². The standard InChI is InChI=1S/C31H54O3/c1-8-9-10-11-12-13-14-15-16-17-26(30(2,3)4)24-27(31(5,6)7)22-23-34-29(33)25-18-20-28(32)21-19-25/h18-21,26-27,32H,8-17,22-24H2,1-7H3. The van der Waals surface area contributed by atoms with Gasteiger partial charge < -0.3 is 9.84 Å². The highest BCUT2D eigenvalue weighted by atomic mass is 16.5. The summed E-state index contributed by atoms with van der Waals surface area (Å²) in [5.41, 5.74) is 0.947. The largest absolute Gasteiger partial charge is 0.508 e. The van der Waals surface area contributed by atoms with Crippen LogP contribution in [-0.4, -0.2) is 17.7 Å². The lowest BCUT2D eigenvalue weighted by molar-refractivity contribution is 0.0409. The number of unbranched alkanes of at least 4 members (excludes halogenated alkanes) is 8. The molecular weight excluding hydrogens is 420 g/mol. The fraction of sp³-hybridized carbons (Fsp3) is 0.774. The Labute approximate surface area is 211 Å². The molecular formula is C31H54O3. The number of esters is 1. The van der Waals surface area contributed by atoms with Crippen LogP contribution in [0.3, 0.4) is 0 Å². The molecule has 3 heteroatoms. The quantitative estimate of drug-likeness (QED) is 0.192. The zero-order chi connectivity index (χ0) is 25.6. The van der Waals surface area contributed by atoms with Gasteiger partial charge in [0, 0.05) is 0 Å². The Balaban J connectivity index is 2.52. The minimum Gasteiger partial charge on any atom is -0.508 e. The Morgan fingerprint density at radius 3 is 1.74 bits per heavy atom. The summed E-state index contributed by atoms with van der Waals surface area (Å²) < 4.78 is 5.60. The fourth-order valence-electron chi connectivity index (χ4n) is 4.83. The summed E-state index contributed by atoms with van der Waals surface area (Å²) in [6.07, 6.45) is 15.7. The van der Waals surface area contributed by atoms with Crippen LogP contribution in [0.5, 0.6) is 5.75 Å². The van der Waals surface area contributed by atoms with Crippen molar-refractivity contribution in [2.45, 2.75) is 126 Å². The average molecular weight is 475 g/mol. The van der Waals surface area contributed by atoms with Crippen molar-refractivity contribution in [2.24, 2.45) is 22.7 Å². The number of benzene rings is 1. The molecule has 0 aliphatic heterocycles. The van der Waals surface area contributed by atoms with Gasteiger partial charge in [-0.25, -0.2) is 4.79 Å². The van der Waals surface area contributed by atoms with Crippen LogP contribution in [0.25, 0.3) is 0 Å². The molecule has 196 valence electrons. The smallest absolute Gasteiger partial charge is 0.338 e. The molecule has 1 aromatic rings. The van der Waals surface area contributed by atoms with Crippen molar-refractivity contribution in [2.75, 3.05) is 6.61 Å². The highest BCUT2D eigenvalue weighted by Crippen LogP contribution is 2.41. The molecule has 3 nitrogen and oxygen atoms in total. The SMILES string of the molecule is CCCCCCCCCCCC(CC(CCOC(=O)c1ccc(O)cc1)C(C)(C)C)C(C)(C)C. The summed E-state index contributed by atoms with van der Waals surface area (Å²) in [5, 5.41) is 9.42. The third kappa shape index (κ3) is 12.8. The maximum absolute atomic E-state index is 12.4. The maximum Gasteiger partial charge on any atom is 0.338 e. The number of phenols is 1. The molecule has 0 heterocycles. The lowest BCUT2D eigenvalue weighted by atomic mass is 9.67. The van der Waals surface area contributed by atoms with Crippen LogP contribution in [0.1, 0.15) is 136 Å². The second-order valence-electron chi connectivity index (χ2n) is 12.5. The number of ether oxygens (including phenoxy) is 1. The first-order valence-electron chi connectivity index (χ1n) is 13.9. The second-order valence-corrected chi connectivity index (χ2v) is 12.5. The van der Waals surface area contributed by atoms with Crippen LogP contribution in [-0.2, 0) is 4.74 Å². The van der Waals surface area contributed by atoms with Gasteiger partial charge in [0.25, 0.3) is 0 Å². The molecule has 0 saturated carbocycles. The normalized spacial score (nSPS) is 14.1. The van der Waals surface area contributed by atoms with E-state index in [2.05, 4.69) is 48.5 Å². The van der Waals surface area contributed by atoms with Crippen LogP contribution in [0.4, 0.5) is 0 Å². The third-order valence-electron chi connectivity index (χ3n) is 7.48. The van der Waals surface area contributed by atoms with Crippen molar-refractivity contribution >= 4 is 5.97 Å². The summed E-state index contributed by atoms with van der Waals surface area (Å²) in [4.78, 5) is 12.4. The van der Waals surface area contributed by atoms with Gasteiger partial charge in [-0.1, -0.05) is 106 Å². The summed E-state index contributed by atoms with van der Waals surface area (Å²) in [6.45, 7) is 16.8. The fourth-order valence-corrected chi connectivity index (χ4v) is 4.83. The zero-order valence-corrected chi connectivity index (χ0v) is 23.4. The monoisotopic (exact) mass is 474 g/mol. The highest BCUT2D eigenvalue weighted by molar-refractivity contribution is 5.89. The first-order chi connectivity index (χ1) is 15.9. The van der Waals surface area contributed by atoms with Crippen LogP contribution in [0, 0.1) is 22.7 Å². The molecule has 34 heavy (non-hydrogen) atoms. The summed E-state index contributed by atoms with van der Waals surface area (Å²) >= 11 is 0. The lowest BCUT2D eigenvalue weighted by Crippen LogP contribution is -2.30. The van der Waals surface area contributed by atoms with E-state index in [1.807, 2.05) is 0 Å². The summed E-state index contributed by atoms with van der Waals surface area (Å²) in [7, 11) is 0. The Hall–Kier alpha value is -1.51. The predicted molar refractivity (Wildman–Crippen MR) is 145 cm³/mol. The molecule has 0 aliphatic rings. The maximum atomic E-state index is 12.4. The Morgan fingerprint density at radius 1 is 0.765 bits per heavy atom. The third-order valence-corrected chi connectivity index (χ3v) is 7.48. The first-order valence-corrected chi connectivity index (χ1v) is 13.9. The minimum absolute atomic E-state index is 0.157. The number of rotatable bonds is 16. The van der Waals surface area contributed by atoms with Crippen LogP contribution < -0.4 is 0 Å². The Bertz CT molecular complexity index is 663. The van der Waals surface area contributed by atoms with Crippen molar-refractivity contribution < 1.29 is 14.6 Å². The molecule has 0 saturated heterocycles. The van der Waals surface area contributed by atoms with Gasteiger partial charge in [-0.2, -0.15) is 0 Å². The molecule has 0 aromatic heterocycles. The van der Waals surface area contributed by atoms with Gasteiger partial charge in [0.15, 0.2) is 0 Å². The second kappa shape index (κ2) is 15.5. The van der Waals surface area contributed by atoms with Crippen molar-refractivity contribution in [3.8, 4) is 5.75 Å². The number of aromatic hydroxyl groups is 1. The van der Waals surface area contributed by atoms with Gasteiger partial charge in [0.1, 0.15) is 5.75 Å². The number of hydrogen-bond acceptors (Lipinski definition) is 3. The molecule has 0 amide bonds. The van der Waals surface area contributed by atoms with E-state index < -0.39 is 0 Å². The average Bonchev–Trinajstić information content (AvgIpc) is 2.74. The molecule has 1 N–H and O–H groups in total. The van der Waals surface area contributed by atoms with E-state index >= 15 is 0 Å². The van der Waals surface area contributed by atoms with Gasteiger partial charge in [-0.15, -0.1) is 0 Å². The van der Waals surface area contributed by atoms with E-state index in [4.69, 9.17) is 4.74 Å². The molecule has 1 rings (SSSR count). The van der Waals surface area contributed by atoms with Crippen molar-refractivity contribution in [3.05, 3.63) is 29.8 Å². The molecule has 2 unspecified atom stereocenters. The van der Waals surface area contributed by atoms with Crippen molar-refractivity contribution in [1.29, 1.82) is 0 Å². The number of carbonyl (C=O) groups is 1.